The molecule has 0 amide bonds. The van der Waals surface area contributed by atoms with E-state index in [1.54, 1.807) is 13.0 Å². The Morgan fingerprint density at radius 3 is 2.74 bits per heavy atom. The number of ether oxygens (including phenoxy) is 3. The molecule has 0 saturated heterocycles. The zero-order valence-electron chi connectivity index (χ0n) is 10.5. The van der Waals surface area contributed by atoms with Gasteiger partial charge in [-0.2, -0.15) is 0 Å². The summed E-state index contributed by atoms with van der Waals surface area (Å²) in [6.07, 6.45) is -0.579. The van der Waals surface area contributed by atoms with Crippen molar-refractivity contribution >= 4 is 0 Å². The molecule has 0 unspecified atom stereocenters. The van der Waals surface area contributed by atoms with Gasteiger partial charge in [0.05, 0.1) is 6.10 Å². The standard InChI is InChI=1S/C15H14O4/c1-10(16)12-4-2-3-5-13(12)19-11-6-7-14-15(8-11)18-9-17-14/h2-8,10,16H,9H2,1H3/t10-/m0/s1. The van der Waals surface area contributed by atoms with Crippen molar-refractivity contribution < 1.29 is 19.3 Å². The third-order valence-corrected chi connectivity index (χ3v) is 2.94. The second kappa shape index (κ2) is 4.82. The van der Waals surface area contributed by atoms with E-state index in [4.69, 9.17) is 14.2 Å². The molecule has 19 heavy (non-hydrogen) atoms. The lowest BCUT2D eigenvalue weighted by atomic mass is 10.1. The maximum atomic E-state index is 9.71. The summed E-state index contributed by atoms with van der Waals surface area (Å²) in [5, 5.41) is 9.71. The molecule has 0 bridgehead atoms. The summed E-state index contributed by atoms with van der Waals surface area (Å²) in [6.45, 7) is 1.95. The molecule has 1 atom stereocenters. The van der Waals surface area contributed by atoms with E-state index in [-0.39, 0.29) is 6.79 Å². The fourth-order valence-corrected chi connectivity index (χ4v) is 1.99. The van der Waals surface area contributed by atoms with Crippen LogP contribution < -0.4 is 14.2 Å². The van der Waals surface area contributed by atoms with Crippen LogP contribution in [0.4, 0.5) is 0 Å². The Hall–Kier alpha value is -2.20. The summed E-state index contributed by atoms with van der Waals surface area (Å²) in [6, 6.07) is 12.8. The Kier molecular flexibility index (Phi) is 3.01. The number of aliphatic hydroxyl groups is 1. The molecule has 4 heteroatoms. The molecule has 0 saturated carbocycles. The van der Waals surface area contributed by atoms with Gasteiger partial charge in [-0.3, -0.25) is 0 Å². The fraction of sp³-hybridized carbons (Fsp3) is 0.200. The van der Waals surface area contributed by atoms with Gasteiger partial charge in [0.15, 0.2) is 11.5 Å². The van der Waals surface area contributed by atoms with Gasteiger partial charge in [0.25, 0.3) is 0 Å². The summed E-state index contributed by atoms with van der Waals surface area (Å²) >= 11 is 0. The number of rotatable bonds is 3. The summed E-state index contributed by atoms with van der Waals surface area (Å²) in [5.41, 5.74) is 0.750. The molecular formula is C15H14O4. The van der Waals surface area contributed by atoms with Crippen LogP contribution in [0.1, 0.15) is 18.6 Å². The number of para-hydroxylation sites is 1. The van der Waals surface area contributed by atoms with Gasteiger partial charge in [0.2, 0.25) is 6.79 Å². The number of fused-ring (bicyclic) bond motifs is 1. The SMILES string of the molecule is C[C@H](O)c1ccccc1Oc1ccc2c(c1)OCO2. The largest absolute Gasteiger partial charge is 0.457 e. The first kappa shape index (κ1) is 11.9. The Bertz CT molecular complexity index is 592. The zero-order chi connectivity index (χ0) is 13.2. The molecule has 0 fully saturated rings. The summed E-state index contributed by atoms with van der Waals surface area (Å²) in [4.78, 5) is 0. The van der Waals surface area contributed by atoms with Crippen molar-refractivity contribution in [3.05, 3.63) is 48.0 Å². The molecule has 1 aliphatic heterocycles. The van der Waals surface area contributed by atoms with Crippen molar-refractivity contribution in [1.29, 1.82) is 0 Å². The minimum Gasteiger partial charge on any atom is -0.457 e. The molecule has 0 aromatic heterocycles. The fourth-order valence-electron chi connectivity index (χ4n) is 1.99. The van der Waals surface area contributed by atoms with Crippen molar-refractivity contribution in [3.8, 4) is 23.0 Å². The van der Waals surface area contributed by atoms with Crippen LogP contribution in [-0.2, 0) is 0 Å². The molecule has 1 aliphatic rings. The van der Waals surface area contributed by atoms with Gasteiger partial charge in [-0.05, 0) is 25.1 Å². The van der Waals surface area contributed by atoms with E-state index >= 15 is 0 Å². The van der Waals surface area contributed by atoms with Gasteiger partial charge in [0.1, 0.15) is 11.5 Å². The zero-order valence-corrected chi connectivity index (χ0v) is 10.5. The van der Waals surface area contributed by atoms with Crippen molar-refractivity contribution in [2.45, 2.75) is 13.0 Å². The Morgan fingerprint density at radius 2 is 1.89 bits per heavy atom. The van der Waals surface area contributed by atoms with Crippen molar-refractivity contribution in [2.75, 3.05) is 6.79 Å². The van der Waals surface area contributed by atoms with Gasteiger partial charge < -0.3 is 19.3 Å². The van der Waals surface area contributed by atoms with E-state index in [2.05, 4.69) is 0 Å². The lowest BCUT2D eigenvalue weighted by molar-refractivity contribution is 0.174. The van der Waals surface area contributed by atoms with Gasteiger partial charge in [-0.25, -0.2) is 0 Å². The molecular weight excluding hydrogens is 244 g/mol. The minimum atomic E-state index is -0.579. The molecule has 0 aliphatic carbocycles. The Morgan fingerprint density at radius 1 is 1.11 bits per heavy atom. The first-order chi connectivity index (χ1) is 9.24. The average molecular weight is 258 g/mol. The van der Waals surface area contributed by atoms with Crippen LogP contribution in [0.2, 0.25) is 0 Å². The Labute approximate surface area is 111 Å². The average Bonchev–Trinajstić information content (AvgIpc) is 2.86. The van der Waals surface area contributed by atoms with Gasteiger partial charge >= 0.3 is 0 Å². The minimum absolute atomic E-state index is 0.239. The summed E-state index contributed by atoms with van der Waals surface area (Å²) in [5.74, 6) is 2.68. The molecule has 2 aromatic carbocycles. The van der Waals surface area contributed by atoms with Crippen LogP contribution >= 0.6 is 0 Å². The molecule has 0 spiro atoms. The molecule has 2 aromatic rings. The highest BCUT2D eigenvalue weighted by Gasteiger charge is 2.15. The summed E-state index contributed by atoms with van der Waals surface area (Å²) in [7, 11) is 0. The van der Waals surface area contributed by atoms with E-state index in [1.165, 1.54) is 0 Å². The third kappa shape index (κ3) is 2.35. The van der Waals surface area contributed by atoms with Crippen LogP contribution in [0.5, 0.6) is 23.0 Å². The van der Waals surface area contributed by atoms with E-state index in [1.807, 2.05) is 36.4 Å². The van der Waals surface area contributed by atoms with Gasteiger partial charge in [0, 0.05) is 11.6 Å². The van der Waals surface area contributed by atoms with E-state index in [9.17, 15) is 5.11 Å². The quantitative estimate of drug-likeness (QED) is 0.918. The predicted molar refractivity (Wildman–Crippen MR) is 69.7 cm³/mol. The second-order valence-corrected chi connectivity index (χ2v) is 4.33. The second-order valence-electron chi connectivity index (χ2n) is 4.33. The first-order valence-electron chi connectivity index (χ1n) is 6.08. The van der Waals surface area contributed by atoms with Crippen LogP contribution in [0, 0.1) is 0 Å². The monoisotopic (exact) mass is 258 g/mol. The summed E-state index contributed by atoms with van der Waals surface area (Å²) < 4.78 is 16.4. The number of hydrogen-bond donors (Lipinski definition) is 1. The van der Waals surface area contributed by atoms with Crippen molar-refractivity contribution in [3.63, 3.8) is 0 Å². The van der Waals surface area contributed by atoms with E-state index in [0.717, 1.165) is 11.3 Å². The lowest BCUT2D eigenvalue weighted by Crippen LogP contribution is -1.95. The van der Waals surface area contributed by atoms with Crippen molar-refractivity contribution in [1.82, 2.24) is 0 Å². The maximum Gasteiger partial charge on any atom is 0.231 e. The molecule has 1 heterocycles. The molecule has 0 radical (unpaired) electrons. The van der Waals surface area contributed by atoms with Crippen LogP contribution in [0.25, 0.3) is 0 Å². The van der Waals surface area contributed by atoms with Gasteiger partial charge in [-0.1, -0.05) is 18.2 Å². The first-order valence-corrected chi connectivity index (χ1v) is 6.08. The van der Waals surface area contributed by atoms with Crippen LogP contribution in [0.15, 0.2) is 42.5 Å². The van der Waals surface area contributed by atoms with Gasteiger partial charge in [-0.15, -0.1) is 0 Å². The highest BCUT2D eigenvalue weighted by molar-refractivity contribution is 5.48. The normalized spacial score (nSPS) is 14.2. The third-order valence-electron chi connectivity index (χ3n) is 2.94. The van der Waals surface area contributed by atoms with Crippen LogP contribution in [-0.4, -0.2) is 11.9 Å². The predicted octanol–water partition coefficient (Wildman–Crippen LogP) is 3.26. The van der Waals surface area contributed by atoms with Crippen LogP contribution in [0.3, 0.4) is 0 Å². The number of benzene rings is 2. The lowest BCUT2D eigenvalue weighted by Gasteiger charge is -2.13. The topological polar surface area (TPSA) is 47.9 Å². The Balaban J connectivity index is 1.89. The number of aliphatic hydroxyl groups excluding tert-OH is 1. The number of hydrogen-bond acceptors (Lipinski definition) is 4. The molecule has 4 nitrogen and oxygen atoms in total. The highest BCUT2D eigenvalue weighted by Crippen LogP contribution is 2.37. The van der Waals surface area contributed by atoms with E-state index < -0.39 is 6.10 Å². The molecule has 1 N–H and O–H groups in total. The highest BCUT2D eigenvalue weighted by atomic mass is 16.7. The smallest absolute Gasteiger partial charge is 0.231 e. The van der Waals surface area contributed by atoms with E-state index in [0.29, 0.717) is 17.2 Å². The maximum absolute atomic E-state index is 9.71. The van der Waals surface area contributed by atoms with Crippen molar-refractivity contribution in [2.24, 2.45) is 0 Å². The molecule has 3 rings (SSSR count). The molecule has 98 valence electrons.